The van der Waals surface area contributed by atoms with Crippen molar-refractivity contribution in [3.63, 3.8) is 0 Å². The number of nitrogens with one attached hydrogen (secondary N) is 1. The number of rotatable bonds is 6. The summed E-state index contributed by atoms with van der Waals surface area (Å²) >= 11 is 1.30. The lowest BCUT2D eigenvalue weighted by Crippen LogP contribution is -2.05. The third-order valence-corrected chi connectivity index (χ3v) is 4.23. The molecule has 2 aromatic carbocycles. The highest BCUT2D eigenvalue weighted by molar-refractivity contribution is 7.98. The second-order valence-electron chi connectivity index (χ2n) is 5.35. The van der Waals surface area contributed by atoms with Gasteiger partial charge in [0.1, 0.15) is 0 Å². The van der Waals surface area contributed by atoms with Crippen molar-refractivity contribution in [3.05, 3.63) is 64.2 Å². The van der Waals surface area contributed by atoms with Gasteiger partial charge in [-0.1, -0.05) is 23.9 Å². The van der Waals surface area contributed by atoms with E-state index in [1.54, 1.807) is 36.4 Å². The van der Waals surface area contributed by atoms with E-state index < -0.39 is 4.92 Å². The first-order chi connectivity index (χ1) is 12.5. The summed E-state index contributed by atoms with van der Waals surface area (Å²) in [5, 5.41) is 21.8. The van der Waals surface area contributed by atoms with Crippen molar-refractivity contribution in [2.75, 3.05) is 5.32 Å². The van der Waals surface area contributed by atoms with Crippen LogP contribution < -0.4 is 5.32 Å². The number of carbonyl (C=O) groups is 1. The van der Waals surface area contributed by atoms with Crippen LogP contribution in [0.1, 0.15) is 12.5 Å². The van der Waals surface area contributed by atoms with Crippen LogP contribution in [0.25, 0.3) is 11.5 Å². The van der Waals surface area contributed by atoms with E-state index in [9.17, 15) is 14.9 Å². The Bertz CT molecular complexity index is 940. The molecule has 1 amide bonds. The van der Waals surface area contributed by atoms with E-state index in [0.29, 0.717) is 22.6 Å². The van der Waals surface area contributed by atoms with Crippen molar-refractivity contribution in [2.45, 2.75) is 17.9 Å². The number of benzene rings is 2. The zero-order valence-electron chi connectivity index (χ0n) is 13.7. The lowest BCUT2D eigenvalue weighted by atomic mass is 10.2. The van der Waals surface area contributed by atoms with Gasteiger partial charge in [-0.05, 0) is 29.8 Å². The van der Waals surface area contributed by atoms with E-state index in [1.807, 2.05) is 0 Å². The van der Waals surface area contributed by atoms with Gasteiger partial charge < -0.3 is 9.73 Å². The zero-order valence-corrected chi connectivity index (χ0v) is 14.5. The number of anilines is 1. The summed E-state index contributed by atoms with van der Waals surface area (Å²) in [5.41, 5.74) is 2.26. The second kappa shape index (κ2) is 7.79. The van der Waals surface area contributed by atoms with Gasteiger partial charge >= 0.3 is 0 Å². The molecule has 1 heterocycles. The molecule has 0 aliphatic heterocycles. The number of nitro groups is 1. The standard InChI is InChI=1S/C17H14N4O4S/c1-11(22)18-14-7-5-13(6-8-14)16-19-20-17(25-16)26-10-12-3-2-4-15(9-12)21(23)24/h2-9H,10H2,1H3,(H,18,22). The van der Waals surface area contributed by atoms with Gasteiger partial charge in [-0.15, -0.1) is 10.2 Å². The normalized spacial score (nSPS) is 10.5. The van der Waals surface area contributed by atoms with Crippen LogP contribution in [0, 0.1) is 10.1 Å². The van der Waals surface area contributed by atoms with Gasteiger partial charge in [0.15, 0.2) is 0 Å². The van der Waals surface area contributed by atoms with Crippen LogP contribution in [-0.4, -0.2) is 21.0 Å². The fraction of sp³-hybridized carbons (Fsp3) is 0.118. The zero-order chi connectivity index (χ0) is 18.5. The first-order valence-corrected chi connectivity index (χ1v) is 8.57. The average Bonchev–Trinajstić information content (AvgIpc) is 3.09. The van der Waals surface area contributed by atoms with Crippen molar-refractivity contribution in [3.8, 4) is 11.5 Å². The van der Waals surface area contributed by atoms with Crippen LogP contribution >= 0.6 is 11.8 Å². The number of nitro benzene ring substituents is 1. The Labute approximate surface area is 152 Å². The minimum Gasteiger partial charge on any atom is -0.411 e. The Morgan fingerprint density at radius 1 is 1.23 bits per heavy atom. The van der Waals surface area contributed by atoms with Crippen LogP contribution in [-0.2, 0) is 10.5 Å². The second-order valence-corrected chi connectivity index (χ2v) is 6.27. The minimum absolute atomic E-state index is 0.0496. The summed E-state index contributed by atoms with van der Waals surface area (Å²) in [6, 6.07) is 13.5. The lowest BCUT2D eigenvalue weighted by molar-refractivity contribution is -0.384. The maximum Gasteiger partial charge on any atom is 0.277 e. The first-order valence-electron chi connectivity index (χ1n) is 7.59. The molecule has 0 spiro atoms. The third-order valence-electron chi connectivity index (χ3n) is 3.34. The number of thioether (sulfide) groups is 1. The summed E-state index contributed by atoms with van der Waals surface area (Å²) in [5.74, 6) is 0.696. The number of aromatic nitrogens is 2. The fourth-order valence-electron chi connectivity index (χ4n) is 2.19. The Kier molecular flexibility index (Phi) is 5.28. The molecule has 0 unspecified atom stereocenters. The molecule has 0 aliphatic rings. The van der Waals surface area contributed by atoms with Crippen LogP contribution in [0.3, 0.4) is 0 Å². The molecular weight excluding hydrogens is 356 g/mol. The van der Waals surface area contributed by atoms with Crippen molar-refractivity contribution in [1.29, 1.82) is 0 Å². The SMILES string of the molecule is CC(=O)Nc1ccc(-c2nnc(SCc3cccc([N+](=O)[O-])c3)o2)cc1. The van der Waals surface area contributed by atoms with Gasteiger partial charge in [0, 0.05) is 36.1 Å². The van der Waals surface area contributed by atoms with Crippen LogP contribution in [0.4, 0.5) is 11.4 Å². The molecule has 9 heteroatoms. The van der Waals surface area contributed by atoms with Crippen LogP contribution in [0.2, 0.25) is 0 Å². The first kappa shape index (κ1) is 17.6. The highest BCUT2D eigenvalue weighted by Gasteiger charge is 2.11. The summed E-state index contributed by atoms with van der Waals surface area (Å²) in [4.78, 5) is 21.4. The van der Waals surface area contributed by atoms with E-state index in [4.69, 9.17) is 4.42 Å². The lowest BCUT2D eigenvalue weighted by Gasteiger charge is -2.01. The molecule has 0 saturated carbocycles. The molecule has 0 aliphatic carbocycles. The van der Waals surface area contributed by atoms with Gasteiger partial charge in [-0.25, -0.2) is 0 Å². The summed E-state index contributed by atoms with van der Waals surface area (Å²) < 4.78 is 5.61. The molecule has 8 nitrogen and oxygen atoms in total. The van der Waals surface area contributed by atoms with Crippen LogP contribution in [0.5, 0.6) is 0 Å². The molecule has 0 fully saturated rings. The van der Waals surface area contributed by atoms with E-state index in [1.165, 1.54) is 30.8 Å². The third kappa shape index (κ3) is 4.45. The maximum absolute atomic E-state index is 11.0. The van der Waals surface area contributed by atoms with Crippen molar-refractivity contribution in [1.82, 2.24) is 10.2 Å². The predicted molar refractivity (Wildman–Crippen MR) is 96.7 cm³/mol. The number of carbonyl (C=O) groups excluding carboxylic acids is 1. The monoisotopic (exact) mass is 370 g/mol. The Morgan fingerprint density at radius 2 is 2.00 bits per heavy atom. The molecule has 1 N–H and O–H groups in total. The summed E-state index contributed by atoms with van der Waals surface area (Å²) in [6.45, 7) is 1.44. The molecule has 0 atom stereocenters. The average molecular weight is 370 g/mol. The van der Waals surface area contributed by atoms with E-state index >= 15 is 0 Å². The van der Waals surface area contributed by atoms with Crippen molar-refractivity contribution >= 4 is 29.0 Å². The molecule has 0 bridgehead atoms. The number of hydrogen-bond acceptors (Lipinski definition) is 7. The van der Waals surface area contributed by atoms with Crippen molar-refractivity contribution < 1.29 is 14.1 Å². The Hall–Kier alpha value is -3.20. The summed E-state index contributed by atoms with van der Waals surface area (Å²) in [7, 11) is 0. The van der Waals surface area contributed by atoms with Gasteiger partial charge in [0.25, 0.3) is 10.9 Å². The largest absolute Gasteiger partial charge is 0.411 e. The quantitative estimate of drug-likeness (QED) is 0.398. The van der Waals surface area contributed by atoms with E-state index in [2.05, 4.69) is 15.5 Å². The van der Waals surface area contributed by atoms with Crippen molar-refractivity contribution in [2.24, 2.45) is 0 Å². The predicted octanol–water partition coefficient (Wildman–Crippen LogP) is 3.90. The van der Waals surface area contributed by atoms with Gasteiger partial charge in [0.05, 0.1) is 4.92 Å². The number of amides is 1. The molecule has 26 heavy (non-hydrogen) atoms. The summed E-state index contributed by atoms with van der Waals surface area (Å²) in [6.07, 6.45) is 0. The Balaban J connectivity index is 1.65. The maximum atomic E-state index is 11.0. The molecule has 3 rings (SSSR count). The Morgan fingerprint density at radius 3 is 2.69 bits per heavy atom. The molecule has 3 aromatic rings. The fourth-order valence-corrected chi connectivity index (χ4v) is 2.90. The molecule has 132 valence electrons. The highest BCUT2D eigenvalue weighted by Crippen LogP contribution is 2.27. The van der Waals surface area contributed by atoms with E-state index in [0.717, 1.165) is 11.1 Å². The molecule has 0 radical (unpaired) electrons. The topological polar surface area (TPSA) is 111 Å². The van der Waals surface area contributed by atoms with E-state index in [-0.39, 0.29) is 11.6 Å². The van der Waals surface area contributed by atoms with Crippen LogP contribution in [0.15, 0.2) is 58.2 Å². The smallest absolute Gasteiger partial charge is 0.277 e. The molecular formula is C17H14N4O4S. The number of non-ortho nitro benzene ring substituents is 1. The molecule has 0 saturated heterocycles. The van der Waals surface area contributed by atoms with Gasteiger partial charge in [0.2, 0.25) is 11.8 Å². The minimum atomic E-state index is -0.427. The number of nitrogens with zero attached hydrogens (tertiary/aromatic N) is 3. The van der Waals surface area contributed by atoms with Gasteiger partial charge in [-0.2, -0.15) is 0 Å². The molecule has 1 aromatic heterocycles. The number of hydrogen-bond donors (Lipinski definition) is 1. The highest BCUT2D eigenvalue weighted by atomic mass is 32.2. The van der Waals surface area contributed by atoms with Gasteiger partial charge in [-0.3, -0.25) is 14.9 Å².